The van der Waals surface area contributed by atoms with Crippen molar-refractivity contribution in [2.45, 2.75) is 29.6 Å². The van der Waals surface area contributed by atoms with Gasteiger partial charge < -0.3 is 4.74 Å². The summed E-state index contributed by atoms with van der Waals surface area (Å²) in [5, 5.41) is 9.07. The number of carbonyl (C=O) groups is 1. The molecular weight excluding hydrogens is 327 g/mol. The minimum Gasteiger partial charge on any atom is -0.466 e. The lowest BCUT2D eigenvalue weighted by Crippen LogP contribution is -2.11. The first-order valence-electron chi connectivity index (χ1n) is 5.84. The van der Waals surface area contributed by atoms with Gasteiger partial charge in [0.05, 0.1) is 24.7 Å². The average molecular weight is 338 g/mol. The quantitative estimate of drug-likeness (QED) is 0.462. The molecule has 0 amide bonds. The molecule has 114 valence electrons. The van der Waals surface area contributed by atoms with Gasteiger partial charge in [-0.2, -0.15) is 18.4 Å². The molecule has 0 aliphatic carbocycles. The minimum atomic E-state index is -4.46. The van der Waals surface area contributed by atoms with Crippen molar-refractivity contribution in [1.82, 2.24) is 0 Å². The van der Waals surface area contributed by atoms with Crippen LogP contribution in [0.3, 0.4) is 0 Å². The first-order chi connectivity index (χ1) is 9.80. The minimum absolute atomic E-state index is 0.00652. The fourth-order valence-corrected chi connectivity index (χ4v) is 2.56. The Hall–Kier alpha value is -1.39. The van der Waals surface area contributed by atoms with Crippen molar-refractivity contribution in [3.63, 3.8) is 0 Å². The molecule has 21 heavy (non-hydrogen) atoms. The lowest BCUT2D eigenvalue weighted by molar-refractivity contribution is -0.142. The monoisotopic (exact) mass is 337 g/mol. The molecule has 0 aliphatic heterocycles. The van der Waals surface area contributed by atoms with E-state index in [4.69, 9.17) is 21.6 Å². The number of carbonyl (C=O) groups excluding carboxylic acids is 1. The van der Waals surface area contributed by atoms with E-state index in [0.717, 1.165) is 6.07 Å². The average Bonchev–Trinajstić information content (AvgIpc) is 2.38. The number of nitriles is 1. The van der Waals surface area contributed by atoms with Crippen LogP contribution >= 0.6 is 23.4 Å². The highest BCUT2D eigenvalue weighted by atomic mass is 35.5. The maximum absolute atomic E-state index is 12.4. The molecule has 0 spiro atoms. The van der Waals surface area contributed by atoms with Crippen LogP contribution in [0.5, 0.6) is 0 Å². The first-order valence-corrected chi connectivity index (χ1v) is 7.19. The molecule has 0 heterocycles. The largest absolute Gasteiger partial charge is 0.466 e. The van der Waals surface area contributed by atoms with E-state index in [-0.39, 0.29) is 41.1 Å². The highest BCUT2D eigenvalue weighted by molar-refractivity contribution is 8.00. The van der Waals surface area contributed by atoms with Gasteiger partial charge in [0.2, 0.25) is 0 Å². The molecule has 0 saturated carbocycles. The number of halogens is 4. The summed E-state index contributed by atoms with van der Waals surface area (Å²) in [5.41, 5.74) is -3.85. The Labute approximate surface area is 129 Å². The molecule has 0 aromatic heterocycles. The number of hydrogen-bond donors (Lipinski definition) is 0. The second-order valence-corrected chi connectivity index (χ2v) is 5.29. The molecule has 0 saturated heterocycles. The van der Waals surface area contributed by atoms with Gasteiger partial charge in [0.15, 0.2) is 0 Å². The highest BCUT2D eigenvalue weighted by Gasteiger charge is 2.30. The summed E-state index contributed by atoms with van der Waals surface area (Å²) in [5.74, 6) is -0.660. The van der Waals surface area contributed by atoms with Crippen molar-refractivity contribution in [3.8, 4) is 6.07 Å². The third kappa shape index (κ3) is 5.48. The first kappa shape index (κ1) is 17.7. The van der Waals surface area contributed by atoms with Crippen LogP contribution in [0, 0.1) is 11.3 Å². The number of thioether (sulfide) groups is 1. The van der Waals surface area contributed by atoms with Crippen LogP contribution in [-0.4, -0.2) is 18.1 Å². The number of hydrogen-bond acceptors (Lipinski definition) is 4. The summed E-state index contributed by atoms with van der Waals surface area (Å²) in [6.45, 7) is 1.81. The van der Waals surface area contributed by atoms with E-state index in [0.29, 0.717) is 11.1 Å². The molecule has 1 aromatic rings. The third-order valence-electron chi connectivity index (χ3n) is 2.44. The normalized spacial score (nSPS) is 11.0. The topological polar surface area (TPSA) is 50.1 Å². The molecule has 0 bridgehead atoms. The van der Waals surface area contributed by atoms with Crippen molar-refractivity contribution in [3.05, 3.63) is 28.8 Å². The fourth-order valence-electron chi connectivity index (χ4n) is 1.68. The SMILES string of the molecule is CCOC(=O)Cc1c(C#N)cc(SC(F)(F)F)cc1CCl. The Morgan fingerprint density at radius 1 is 1.48 bits per heavy atom. The molecule has 0 N–H and O–H groups in total. The molecule has 8 heteroatoms. The van der Waals surface area contributed by atoms with E-state index in [2.05, 4.69) is 0 Å². The van der Waals surface area contributed by atoms with Gasteiger partial charge in [-0.05, 0) is 41.9 Å². The summed E-state index contributed by atoms with van der Waals surface area (Å²) in [7, 11) is 0. The molecule has 0 unspecified atom stereocenters. The molecule has 0 aliphatic rings. The van der Waals surface area contributed by atoms with E-state index >= 15 is 0 Å². The summed E-state index contributed by atoms with van der Waals surface area (Å²) >= 11 is 5.38. The van der Waals surface area contributed by atoms with Gasteiger partial charge in [-0.25, -0.2) is 0 Å². The van der Waals surface area contributed by atoms with Crippen molar-refractivity contribution >= 4 is 29.3 Å². The zero-order valence-corrected chi connectivity index (χ0v) is 12.5. The number of ether oxygens (including phenoxy) is 1. The summed E-state index contributed by atoms with van der Waals surface area (Å²) < 4.78 is 42.0. The molecule has 1 rings (SSSR count). The van der Waals surface area contributed by atoms with Crippen LogP contribution in [0.25, 0.3) is 0 Å². The standard InChI is InChI=1S/C13H11ClF3NO2S/c1-2-20-12(19)5-11-8(6-14)3-10(4-9(11)7-18)21-13(15,16)17/h3-4H,2,5-6H2,1H3. The Morgan fingerprint density at radius 2 is 2.14 bits per heavy atom. The second kappa shape index (κ2) is 7.57. The Bertz CT molecular complexity index is 570. The number of nitrogens with zero attached hydrogens (tertiary/aromatic N) is 1. The predicted octanol–water partition coefficient (Wildman–Crippen LogP) is 4.01. The van der Waals surface area contributed by atoms with E-state index < -0.39 is 11.5 Å². The van der Waals surface area contributed by atoms with Crippen molar-refractivity contribution < 1.29 is 22.7 Å². The van der Waals surface area contributed by atoms with Crippen LogP contribution in [0.1, 0.15) is 23.6 Å². The van der Waals surface area contributed by atoms with Gasteiger partial charge in [-0.1, -0.05) is 0 Å². The van der Waals surface area contributed by atoms with Gasteiger partial charge in [-0.3, -0.25) is 4.79 Å². The second-order valence-electron chi connectivity index (χ2n) is 3.88. The molecule has 0 fully saturated rings. The van der Waals surface area contributed by atoms with Crippen molar-refractivity contribution in [2.75, 3.05) is 6.61 Å². The number of alkyl halides is 4. The van der Waals surface area contributed by atoms with E-state index in [1.54, 1.807) is 13.0 Å². The molecule has 3 nitrogen and oxygen atoms in total. The molecular formula is C13H11ClF3NO2S. The van der Waals surface area contributed by atoms with Crippen LogP contribution in [0.2, 0.25) is 0 Å². The van der Waals surface area contributed by atoms with Crippen LogP contribution in [0.4, 0.5) is 13.2 Å². The summed E-state index contributed by atoms with van der Waals surface area (Å²) in [4.78, 5) is 11.4. The third-order valence-corrected chi connectivity index (χ3v) is 3.43. The van der Waals surface area contributed by atoms with Crippen LogP contribution in [-0.2, 0) is 21.8 Å². The Balaban J connectivity index is 3.19. The van der Waals surface area contributed by atoms with E-state index in [9.17, 15) is 18.0 Å². The summed E-state index contributed by atoms with van der Waals surface area (Å²) in [6, 6.07) is 4.13. The van der Waals surface area contributed by atoms with E-state index in [1.165, 1.54) is 6.07 Å². The van der Waals surface area contributed by atoms with Gasteiger partial charge in [0.1, 0.15) is 0 Å². The predicted molar refractivity (Wildman–Crippen MR) is 73.0 cm³/mol. The maximum atomic E-state index is 12.4. The zero-order valence-electron chi connectivity index (χ0n) is 11.0. The number of esters is 1. The maximum Gasteiger partial charge on any atom is 0.446 e. The summed E-state index contributed by atoms with van der Waals surface area (Å²) in [6.07, 6.45) is -0.199. The van der Waals surface area contributed by atoms with Crippen LogP contribution in [0.15, 0.2) is 17.0 Å². The number of benzene rings is 1. The van der Waals surface area contributed by atoms with Crippen molar-refractivity contribution in [2.24, 2.45) is 0 Å². The Kier molecular flexibility index (Phi) is 6.37. The van der Waals surface area contributed by atoms with Gasteiger partial charge >= 0.3 is 11.5 Å². The molecule has 0 atom stereocenters. The number of rotatable bonds is 5. The molecule has 0 radical (unpaired) electrons. The van der Waals surface area contributed by atoms with E-state index in [1.807, 2.05) is 0 Å². The zero-order chi connectivity index (χ0) is 16.0. The van der Waals surface area contributed by atoms with Gasteiger partial charge in [0.25, 0.3) is 0 Å². The van der Waals surface area contributed by atoms with Crippen LogP contribution < -0.4 is 0 Å². The smallest absolute Gasteiger partial charge is 0.446 e. The molecule has 1 aromatic carbocycles. The highest BCUT2D eigenvalue weighted by Crippen LogP contribution is 2.38. The van der Waals surface area contributed by atoms with Gasteiger partial charge in [-0.15, -0.1) is 11.6 Å². The Morgan fingerprint density at radius 3 is 2.62 bits per heavy atom. The lowest BCUT2D eigenvalue weighted by Gasteiger charge is -2.12. The van der Waals surface area contributed by atoms with Crippen molar-refractivity contribution in [1.29, 1.82) is 5.26 Å². The van der Waals surface area contributed by atoms with Gasteiger partial charge in [0, 0.05) is 10.8 Å². The fraction of sp³-hybridized carbons (Fsp3) is 0.385. The lowest BCUT2D eigenvalue weighted by atomic mass is 10.00.